The topological polar surface area (TPSA) is 87.7 Å². The van der Waals surface area contributed by atoms with E-state index in [0.717, 1.165) is 17.7 Å². The zero-order valence-electron chi connectivity index (χ0n) is 12.3. The van der Waals surface area contributed by atoms with Gasteiger partial charge in [-0.15, -0.1) is 0 Å². The number of nitrogens with zero attached hydrogens (tertiary/aromatic N) is 2. The molecule has 0 unspecified atom stereocenters. The van der Waals surface area contributed by atoms with Crippen molar-refractivity contribution in [2.24, 2.45) is 0 Å². The van der Waals surface area contributed by atoms with Crippen molar-refractivity contribution in [2.75, 3.05) is 12.3 Å². The quantitative estimate of drug-likeness (QED) is 0.646. The predicted molar refractivity (Wildman–Crippen MR) is 83.7 cm³/mol. The third-order valence-corrected chi connectivity index (χ3v) is 3.77. The highest BCUT2D eigenvalue weighted by Gasteiger charge is 2.10. The molecule has 0 aliphatic heterocycles. The molecule has 21 heavy (non-hydrogen) atoms. The standard InChI is InChI=1S/C14H18N4O2S/c1-4-5-15-10(19)7-21-14-17-12-11(13(20)18-14)8(2)6-9(3)16-12/h6H,4-5,7H2,1-3H3,(H,15,19)(H,16,17,18,20). The third-order valence-electron chi connectivity index (χ3n) is 2.89. The van der Waals surface area contributed by atoms with Crippen LogP contribution in [0.25, 0.3) is 11.0 Å². The Balaban J connectivity index is 2.22. The van der Waals surface area contributed by atoms with Gasteiger partial charge in [-0.25, -0.2) is 9.97 Å². The minimum atomic E-state index is -0.221. The highest BCUT2D eigenvalue weighted by atomic mass is 32.2. The lowest BCUT2D eigenvalue weighted by Crippen LogP contribution is -2.26. The first-order chi connectivity index (χ1) is 10.0. The van der Waals surface area contributed by atoms with E-state index in [4.69, 9.17) is 0 Å². The van der Waals surface area contributed by atoms with Crippen LogP contribution in [0.4, 0.5) is 0 Å². The fourth-order valence-electron chi connectivity index (χ4n) is 1.98. The molecule has 2 rings (SSSR count). The van der Waals surface area contributed by atoms with Crippen LogP contribution in [-0.4, -0.2) is 33.2 Å². The van der Waals surface area contributed by atoms with Crippen molar-refractivity contribution < 1.29 is 4.79 Å². The maximum atomic E-state index is 12.1. The predicted octanol–water partition coefficient (Wildman–Crippen LogP) is 1.55. The number of aryl methyl sites for hydroxylation is 2. The molecule has 2 aromatic heterocycles. The maximum Gasteiger partial charge on any atom is 0.261 e. The lowest BCUT2D eigenvalue weighted by Gasteiger charge is -2.05. The van der Waals surface area contributed by atoms with Crippen molar-refractivity contribution in [3.8, 4) is 0 Å². The van der Waals surface area contributed by atoms with Crippen molar-refractivity contribution in [3.05, 3.63) is 27.7 Å². The molecule has 0 spiro atoms. The van der Waals surface area contributed by atoms with Gasteiger partial charge in [0, 0.05) is 12.2 Å². The number of amides is 1. The van der Waals surface area contributed by atoms with Crippen LogP contribution in [0, 0.1) is 13.8 Å². The van der Waals surface area contributed by atoms with Gasteiger partial charge in [-0.2, -0.15) is 0 Å². The lowest BCUT2D eigenvalue weighted by atomic mass is 10.2. The number of hydrogen-bond acceptors (Lipinski definition) is 5. The first kappa shape index (κ1) is 15.5. The van der Waals surface area contributed by atoms with Gasteiger partial charge in [0.25, 0.3) is 5.56 Å². The summed E-state index contributed by atoms with van der Waals surface area (Å²) in [7, 11) is 0. The molecule has 0 saturated heterocycles. The number of thioether (sulfide) groups is 1. The van der Waals surface area contributed by atoms with Gasteiger partial charge in [0.2, 0.25) is 5.91 Å². The third kappa shape index (κ3) is 3.81. The Morgan fingerprint density at radius 2 is 2.14 bits per heavy atom. The van der Waals surface area contributed by atoms with Gasteiger partial charge in [-0.05, 0) is 31.9 Å². The van der Waals surface area contributed by atoms with Crippen LogP contribution in [0.15, 0.2) is 16.0 Å². The van der Waals surface area contributed by atoms with Gasteiger partial charge in [-0.1, -0.05) is 18.7 Å². The molecule has 2 aromatic rings. The second kappa shape index (κ2) is 6.71. The Hall–Kier alpha value is -1.89. The highest BCUT2D eigenvalue weighted by Crippen LogP contribution is 2.16. The summed E-state index contributed by atoms with van der Waals surface area (Å²) < 4.78 is 0. The van der Waals surface area contributed by atoms with Crippen molar-refractivity contribution >= 4 is 28.7 Å². The van der Waals surface area contributed by atoms with E-state index >= 15 is 0 Å². The Morgan fingerprint density at radius 3 is 2.86 bits per heavy atom. The summed E-state index contributed by atoms with van der Waals surface area (Å²) in [5, 5.41) is 3.69. The number of pyridine rings is 1. The molecule has 0 atom stereocenters. The van der Waals surface area contributed by atoms with Gasteiger partial charge >= 0.3 is 0 Å². The molecule has 0 saturated carbocycles. The molecule has 6 nitrogen and oxygen atoms in total. The number of carbonyl (C=O) groups is 1. The number of nitrogens with one attached hydrogen (secondary N) is 2. The normalized spacial score (nSPS) is 10.8. The Labute approximate surface area is 126 Å². The number of aromatic amines is 1. The second-order valence-electron chi connectivity index (χ2n) is 4.79. The van der Waals surface area contributed by atoms with Gasteiger partial charge in [0.1, 0.15) is 0 Å². The average molecular weight is 306 g/mol. The summed E-state index contributed by atoms with van der Waals surface area (Å²) in [4.78, 5) is 35.0. The van der Waals surface area contributed by atoms with Gasteiger partial charge in [0.15, 0.2) is 10.8 Å². The molecule has 2 N–H and O–H groups in total. The number of carbonyl (C=O) groups excluding carboxylic acids is 1. The largest absolute Gasteiger partial charge is 0.355 e. The minimum absolute atomic E-state index is 0.0713. The van der Waals surface area contributed by atoms with Crippen LogP contribution in [0.5, 0.6) is 0 Å². The number of fused-ring (bicyclic) bond motifs is 1. The van der Waals surface area contributed by atoms with Crippen LogP contribution in [0.2, 0.25) is 0 Å². The number of aromatic nitrogens is 3. The fourth-order valence-corrected chi connectivity index (χ4v) is 2.67. The molecule has 0 aliphatic carbocycles. The molecule has 112 valence electrons. The van der Waals surface area contributed by atoms with Crippen LogP contribution < -0.4 is 10.9 Å². The minimum Gasteiger partial charge on any atom is -0.355 e. The summed E-state index contributed by atoms with van der Waals surface area (Å²) >= 11 is 1.20. The zero-order chi connectivity index (χ0) is 15.4. The summed E-state index contributed by atoms with van der Waals surface area (Å²) in [6.45, 7) is 6.37. The van der Waals surface area contributed by atoms with E-state index < -0.39 is 0 Å². The Bertz CT molecular complexity index is 727. The van der Waals surface area contributed by atoms with Crippen LogP contribution in [-0.2, 0) is 4.79 Å². The summed E-state index contributed by atoms with van der Waals surface area (Å²) in [6, 6.07) is 1.85. The van der Waals surface area contributed by atoms with Gasteiger partial charge in [0.05, 0.1) is 11.1 Å². The SMILES string of the molecule is CCCNC(=O)CSc1nc2nc(C)cc(C)c2c(=O)[nH]1. The van der Waals surface area contributed by atoms with Crippen LogP contribution >= 0.6 is 11.8 Å². The van der Waals surface area contributed by atoms with Crippen molar-refractivity contribution in [1.29, 1.82) is 0 Å². The second-order valence-corrected chi connectivity index (χ2v) is 5.75. The van der Waals surface area contributed by atoms with Gasteiger partial charge in [-0.3, -0.25) is 9.59 Å². The van der Waals surface area contributed by atoms with Crippen LogP contribution in [0.1, 0.15) is 24.6 Å². The lowest BCUT2D eigenvalue weighted by molar-refractivity contribution is -0.118. The van der Waals surface area contributed by atoms with E-state index in [1.54, 1.807) is 0 Å². The first-order valence-electron chi connectivity index (χ1n) is 6.79. The Morgan fingerprint density at radius 1 is 1.38 bits per heavy atom. The molecule has 2 heterocycles. The maximum absolute atomic E-state index is 12.1. The molecule has 7 heteroatoms. The number of rotatable bonds is 5. The Kier molecular flexibility index (Phi) is 4.95. The van der Waals surface area contributed by atoms with E-state index in [1.807, 2.05) is 26.8 Å². The molecular formula is C14H18N4O2S. The number of hydrogen-bond donors (Lipinski definition) is 2. The average Bonchev–Trinajstić information content (AvgIpc) is 2.41. The monoisotopic (exact) mass is 306 g/mol. The molecule has 0 bridgehead atoms. The molecular weight excluding hydrogens is 288 g/mol. The van der Waals surface area contributed by atoms with Crippen molar-refractivity contribution in [1.82, 2.24) is 20.3 Å². The number of H-pyrrole nitrogens is 1. The summed E-state index contributed by atoms with van der Waals surface area (Å²) in [6.07, 6.45) is 0.893. The van der Waals surface area contributed by atoms with E-state index in [2.05, 4.69) is 20.3 Å². The van der Waals surface area contributed by atoms with Crippen molar-refractivity contribution in [3.63, 3.8) is 0 Å². The zero-order valence-corrected chi connectivity index (χ0v) is 13.1. The summed E-state index contributed by atoms with van der Waals surface area (Å²) in [5.74, 6) is 0.150. The van der Waals surface area contributed by atoms with Crippen molar-refractivity contribution in [2.45, 2.75) is 32.3 Å². The molecule has 1 amide bonds. The van der Waals surface area contributed by atoms with E-state index in [0.29, 0.717) is 22.7 Å². The molecule has 0 radical (unpaired) electrons. The molecule has 0 aliphatic rings. The highest BCUT2D eigenvalue weighted by molar-refractivity contribution is 7.99. The van der Waals surface area contributed by atoms with E-state index in [-0.39, 0.29) is 17.2 Å². The fraction of sp³-hybridized carbons (Fsp3) is 0.429. The first-order valence-corrected chi connectivity index (χ1v) is 7.77. The van der Waals surface area contributed by atoms with E-state index in [1.165, 1.54) is 11.8 Å². The van der Waals surface area contributed by atoms with Crippen LogP contribution in [0.3, 0.4) is 0 Å². The molecule has 0 aromatic carbocycles. The smallest absolute Gasteiger partial charge is 0.261 e. The molecule has 0 fully saturated rings. The summed E-state index contributed by atoms with van der Waals surface area (Å²) in [5.41, 5.74) is 1.87. The van der Waals surface area contributed by atoms with E-state index in [9.17, 15) is 9.59 Å². The van der Waals surface area contributed by atoms with Gasteiger partial charge < -0.3 is 10.3 Å².